The number of nitrogens with zero attached hydrogens (tertiary/aromatic N) is 4. The first-order chi connectivity index (χ1) is 9.76. The molecule has 0 fully saturated rings. The average Bonchev–Trinajstić information content (AvgIpc) is 2.94. The van der Waals surface area contributed by atoms with Crippen LogP contribution in [-0.2, 0) is 23.6 Å². The molecule has 0 aromatic carbocycles. The molecule has 3 N–H and O–H groups in total. The molecule has 8 nitrogen and oxygen atoms in total. The Bertz CT molecular complexity index is 790. The van der Waals surface area contributed by atoms with Gasteiger partial charge in [-0.3, -0.25) is 9.40 Å². The van der Waals surface area contributed by atoms with Gasteiger partial charge in [0.25, 0.3) is 10.0 Å². The zero-order chi connectivity index (χ0) is 15.8. The maximum absolute atomic E-state index is 12.4. The molecule has 0 atom stereocenters. The Labute approximate surface area is 128 Å². The molecule has 0 saturated heterocycles. The molecule has 0 radical (unpaired) electrons. The largest absolute Gasteiger partial charge is 0.389 e. The molecule has 0 aliphatic carbocycles. The number of imidazole rings is 1. The lowest BCUT2D eigenvalue weighted by molar-refractivity contribution is 0.597. The second kappa shape index (κ2) is 5.45. The van der Waals surface area contributed by atoms with Gasteiger partial charge < -0.3 is 10.3 Å². The molecule has 0 aliphatic rings. The van der Waals surface area contributed by atoms with Crippen LogP contribution in [0.15, 0.2) is 17.4 Å². The van der Waals surface area contributed by atoms with E-state index in [4.69, 9.17) is 18.0 Å². The van der Waals surface area contributed by atoms with Gasteiger partial charge >= 0.3 is 0 Å². The van der Waals surface area contributed by atoms with E-state index >= 15 is 0 Å². The molecule has 2 heterocycles. The van der Waals surface area contributed by atoms with Crippen molar-refractivity contribution in [3.05, 3.63) is 23.8 Å². The van der Waals surface area contributed by atoms with Crippen molar-refractivity contribution in [2.45, 2.75) is 25.4 Å². The van der Waals surface area contributed by atoms with Gasteiger partial charge in [0, 0.05) is 19.8 Å². The van der Waals surface area contributed by atoms with Crippen LogP contribution >= 0.6 is 12.2 Å². The molecule has 0 bridgehead atoms. The molecule has 0 spiro atoms. The number of thiocarbonyl (C=S) groups is 1. The molecule has 21 heavy (non-hydrogen) atoms. The standard InChI is InChI=1S/C11H16N6O2S2/c1-4-17-6-9(14-7(17)2)21(18,19)15-11-8(10(12)20)5-13-16(11)3/h5-6,15H,4H2,1-3H3,(H2,12,20). The SMILES string of the molecule is CCn1cc(S(=O)(=O)Nc2c(C(N)=S)cnn2C)nc1C. The fourth-order valence-electron chi connectivity index (χ4n) is 1.85. The number of hydrogen-bond acceptors (Lipinski definition) is 5. The van der Waals surface area contributed by atoms with Crippen LogP contribution in [0, 0.1) is 6.92 Å². The monoisotopic (exact) mass is 328 g/mol. The molecule has 2 rings (SSSR count). The highest BCUT2D eigenvalue weighted by molar-refractivity contribution is 7.92. The van der Waals surface area contributed by atoms with Crippen molar-refractivity contribution in [1.29, 1.82) is 0 Å². The van der Waals surface area contributed by atoms with Gasteiger partial charge in [0.2, 0.25) is 0 Å². The lowest BCUT2D eigenvalue weighted by Crippen LogP contribution is -2.19. The minimum absolute atomic E-state index is 0.0584. The predicted octanol–water partition coefficient (Wildman–Crippen LogP) is 0.380. The van der Waals surface area contributed by atoms with E-state index in [1.54, 1.807) is 18.5 Å². The number of rotatable bonds is 5. The van der Waals surface area contributed by atoms with E-state index in [2.05, 4.69) is 14.8 Å². The first-order valence-corrected chi connectivity index (χ1v) is 8.03. The van der Waals surface area contributed by atoms with E-state index in [1.807, 2.05) is 6.92 Å². The fraction of sp³-hybridized carbons (Fsp3) is 0.364. The lowest BCUT2D eigenvalue weighted by Gasteiger charge is -2.08. The normalized spacial score (nSPS) is 11.6. The number of aryl methyl sites for hydroxylation is 3. The van der Waals surface area contributed by atoms with Gasteiger partial charge in [0.1, 0.15) is 16.6 Å². The summed E-state index contributed by atoms with van der Waals surface area (Å²) in [6.45, 7) is 4.29. The summed E-state index contributed by atoms with van der Waals surface area (Å²) in [5, 5.41) is 3.89. The molecule has 114 valence electrons. The Morgan fingerprint density at radius 2 is 2.19 bits per heavy atom. The minimum atomic E-state index is -3.83. The molecule has 2 aromatic rings. The van der Waals surface area contributed by atoms with Crippen LogP contribution in [0.1, 0.15) is 18.3 Å². The third-order valence-electron chi connectivity index (χ3n) is 3.01. The zero-order valence-electron chi connectivity index (χ0n) is 11.9. The average molecular weight is 328 g/mol. The maximum atomic E-state index is 12.4. The number of aromatic nitrogens is 4. The van der Waals surface area contributed by atoms with Gasteiger partial charge in [0.15, 0.2) is 5.03 Å². The zero-order valence-corrected chi connectivity index (χ0v) is 13.5. The smallest absolute Gasteiger partial charge is 0.282 e. The van der Waals surface area contributed by atoms with E-state index in [1.165, 1.54) is 17.1 Å². The first-order valence-electron chi connectivity index (χ1n) is 6.14. The summed E-state index contributed by atoms with van der Waals surface area (Å²) in [6.07, 6.45) is 2.89. The Morgan fingerprint density at radius 1 is 1.52 bits per heavy atom. The van der Waals surface area contributed by atoms with Gasteiger partial charge in [-0.05, 0) is 13.8 Å². The van der Waals surface area contributed by atoms with E-state index in [-0.39, 0.29) is 15.8 Å². The third kappa shape index (κ3) is 2.90. The van der Waals surface area contributed by atoms with Crippen molar-refractivity contribution in [3.8, 4) is 0 Å². The summed E-state index contributed by atoms with van der Waals surface area (Å²) in [5.41, 5.74) is 5.92. The summed E-state index contributed by atoms with van der Waals surface area (Å²) in [7, 11) is -2.24. The third-order valence-corrected chi connectivity index (χ3v) is 4.43. The molecule has 10 heteroatoms. The van der Waals surface area contributed by atoms with Crippen LogP contribution < -0.4 is 10.5 Å². The second-order valence-electron chi connectivity index (χ2n) is 4.41. The summed E-state index contributed by atoms with van der Waals surface area (Å²) < 4.78 is 30.3. The van der Waals surface area contributed by atoms with Crippen LogP contribution in [0.5, 0.6) is 0 Å². The van der Waals surface area contributed by atoms with Crippen molar-refractivity contribution < 1.29 is 8.42 Å². The Kier molecular flexibility index (Phi) is 4.01. The van der Waals surface area contributed by atoms with Gasteiger partial charge in [-0.25, -0.2) is 4.98 Å². The predicted molar refractivity (Wildman–Crippen MR) is 82.5 cm³/mol. The number of nitrogens with two attached hydrogens (primary N) is 1. The van der Waals surface area contributed by atoms with Crippen molar-refractivity contribution in [2.75, 3.05) is 4.72 Å². The van der Waals surface area contributed by atoms with Gasteiger partial charge in [-0.1, -0.05) is 12.2 Å². The van der Waals surface area contributed by atoms with E-state index < -0.39 is 10.0 Å². The highest BCUT2D eigenvalue weighted by atomic mass is 32.2. The number of hydrogen-bond donors (Lipinski definition) is 2. The Hall–Kier alpha value is -1.94. The number of sulfonamides is 1. The minimum Gasteiger partial charge on any atom is -0.389 e. The van der Waals surface area contributed by atoms with Crippen molar-refractivity contribution in [3.63, 3.8) is 0 Å². The topological polar surface area (TPSA) is 108 Å². The lowest BCUT2D eigenvalue weighted by atomic mass is 10.3. The quantitative estimate of drug-likeness (QED) is 0.768. The van der Waals surface area contributed by atoms with Crippen molar-refractivity contribution in [2.24, 2.45) is 12.8 Å². The first kappa shape index (κ1) is 15.4. The van der Waals surface area contributed by atoms with Crippen LogP contribution in [0.2, 0.25) is 0 Å². The molecule has 0 saturated carbocycles. The highest BCUT2D eigenvalue weighted by Crippen LogP contribution is 2.19. The van der Waals surface area contributed by atoms with Crippen molar-refractivity contribution >= 4 is 33.0 Å². The Balaban J connectivity index is 2.42. The van der Waals surface area contributed by atoms with E-state index in [0.29, 0.717) is 17.9 Å². The van der Waals surface area contributed by atoms with E-state index in [0.717, 1.165) is 0 Å². The summed E-state index contributed by atoms with van der Waals surface area (Å²) >= 11 is 4.88. The summed E-state index contributed by atoms with van der Waals surface area (Å²) in [4.78, 5) is 4.12. The molecular weight excluding hydrogens is 312 g/mol. The fourth-order valence-corrected chi connectivity index (χ4v) is 3.12. The van der Waals surface area contributed by atoms with Crippen LogP contribution in [0.3, 0.4) is 0 Å². The summed E-state index contributed by atoms with van der Waals surface area (Å²) in [5.74, 6) is 0.837. The number of anilines is 1. The maximum Gasteiger partial charge on any atom is 0.282 e. The highest BCUT2D eigenvalue weighted by Gasteiger charge is 2.23. The van der Waals surface area contributed by atoms with Crippen molar-refractivity contribution in [1.82, 2.24) is 19.3 Å². The van der Waals surface area contributed by atoms with Gasteiger partial charge in [0.05, 0.1) is 11.8 Å². The molecule has 0 unspecified atom stereocenters. The van der Waals surface area contributed by atoms with Crippen LogP contribution in [0.4, 0.5) is 5.82 Å². The van der Waals surface area contributed by atoms with E-state index in [9.17, 15) is 8.42 Å². The van der Waals surface area contributed by atoms with Gasteiger partial charge in [-0.15, -0.1) is 0 Å². The molecule has 2 aromatic heterocycles. The summed E-state index contributed by atoms with van der Waals surface area (Å²) in [6, 6.07) is 0. The Morgan fingerprint density at radius 3 is 2.71 bits per heavy atom. The molecule has 0 aliphatic heterocycles. The van der Waals surface area contributed by atoms with Crippen LogP contribution in [0.25, 0.3) is 0 Å². The molecule has 0 amide bonds. The second-order valence-corrected chi connectivity index (χ2v) is 6.48. The number of nitrogens with one attached hydrogen (secondary N) is 1. The van der Waals surface area contributed by atoms with Crippen LogP contribution in [-0.4, -0.2) is 32.7 Å². The molecular formula is C11H16N6O2S2. The van der Waals surface area contributed by atoms with Gasteiger partial charge in [-0.2, -0.15) is 13.5 Å².